The molecule has 5 rings (SSSR count). The zero-order valence-corrected chi connectivity index (χ0v) is 19.5. The van der Waals surface area contributed by atoms with E-state index < -0.39 is 5.91 Å². The predicted molar refractivity (Wildman–Crippen MR) is 130 cm³/mol. The van der Waals surface area contributed by atoms with Crippen molar-refractivity contribution >= 4 is 45.9 Å². The van der Waals surface area contributed by atoms with Crippen molar-refractivity contribution in [2.45, 2.75) is 31.7 Å². The number of ether oxygens (including phenoxy) is 1. The van der Waals surface area contributed by atoms with E-state index in [1.54, 1.807) is 42.6 Å². The molecule has 1 saturated heterocycles. The Morgan fingerprint density at radius 1 is 1.00 bits per heavy atom. The summed E-state index contributed by atoms with van der Waals surface area (Å²) in [5, 5.41) is 6.33. The summed E-state index contributed by atoms with van der Waals surface area (Å²) in [4.78, 5) is 33.1. The molecule has 1 saturated carbocycles. The van der Waals surface area contributed by atoms with Crippen LogP contribution in [0.2, 0.25) is 5.02 Å². The Hall–Kier alpha value is -2.94. The molecular weight excluding hydrogens is 456 g/mol. The van der Waals surface area contributed by atoms with Gasteiger partial charge in [0.25, 0.3) is 5.91 Å². The third-order valence-electron chi connectivity index (χ3n) is 6.63. The van der Waals surface area contributed by atoms with Crippen molar-refractivity contribution in [2.24, 2.45) is 5.92 Å². The quantitative estimate of drug-likeness (QED) is 0.553. The first kappa shape index (κ1) is 22.8. The van der Waals surface area contributed by atoms with Crippen molar-refractivity contribution in [3.05, 3.63) is 53.4 Å². The number of anilines is 2. The fraction of sp³-hybridized carbons (Fsp3) is 0.400. The lowest BCUT2D eigenvalue weighted by atomic mass is 9.84. The summed E-state index contributed by atoms with van der Waals surface area (Å²) in [5.74, 6) is -0.655. The standard InChI is InChI=1S/C25H27ClN4O4/c26-17-5-7-18(8-6-17)28-25(32)23-22(21-20(34-23)2-1-11-27-21)29-24(31)16-3-9-19(10-4-16)30-12-14-33-15-13-30/h1-2,5-8,11,16,19H,3-4,9-10,12-15H2,(H,28,32)(H,29,31). The van der Waals surface area contributed by atoms with E-state index in [-0.39, 0.29) is 17.6 Å². The highest BCUT2D eigenvalue weighted by Gasteiger charge is 2.32. The number of amides is 2. The van der Waals surface area contributed by atoms with Gasteiger partial charge in [0, 0.05) is 42.0 Å². The smallest absolute Gasteiger partial charge is 0.293 e. The molecule has 0 radical (unpaired) electrons. The third kappa shape index (κ3) is 4.94. The Morgan fingerprint density at radius 3 is 2.47 bits per heavy atom. The second-order valence-electron chi connectivity index (χ2n) is 8.76. The van der Waals surface area contributed by atoms with E-state index in [9.17, 15) is 9.59 Å². The van der Waals surface area contributed by atoms with Crippen molar-refractivity contribution in [3.8, 4) is 0 Å². The minimum atomic E-state index is -0.466. The average molecular weight is 483 g/mol. The summed E-state index contributed by atoms with van der Waals surface area (Å²) in [6.45, 7) is 3.48. The number of hydrogen-bond acceptors (Lipinski definition) is 6. The van der Waals surface area contributed by atoms with Gasteiger partial charge in [0.15, 0.2) is 5.58 Å². The number of hydrogen-bond donors (Lipinski definition) is 2. The monoisotopic (exact) mass is 482 g/mol. The molecule has 2 fully saturated rings. The Morgan fingerprint density at radius 2 is 1.74 bits per heavy atom. The van der Waals surface area contributed by atoms with Gasteiger partial charge in [-0.25, -0.2) is 0 Å². The van der Waals surface area contributed by atoms with Crippen LogP contribution in [0.5, 0.6) is 0 Å². The summed E-state index contributed by atoms with van der Waals surface area (Å²) in [5.41, 5.74) is 1.78. The van der Waals surface area contributed by atoms with Crippen LogP contribution in [0.1, 0.15) is 36.2 Å². The minimum Gasteiger partial charge on any atom is -0.447 e. The second-order valence-corrected chi connectivity index (χ2v) is 9.20. The number of benzene rings is 1. The molecule has 2 N–H and O–H groups in total. The van der Waals surface area contributed by atoms with Gasteiger partial charge in [-0.2, -0.15) is 0 Å². The number of rotatable bonds is 5. The van der Waals surface area contributed by atoms with E-state index in [0.717, 1.165) is 52.0 Å². The van der Waals surface area contributed by atoms with E-state index in [0.29, 0.717) is 33.5 Å². The number of nitrogens with zero attached hydrogens (tertiary/aromatic N) is 2. The van der Waals surface area contributed by atoms with Crippen LogP contribution in [0.4, 0.5) is 11.4 Å². The fourth-order valence-corrected chi connectivity index (χ4v) is 4.92. The Labute approximate surface area is 202 Å². The molecule has 1 aliphatic heterocycles. The number of carbonyl (C=O) groups is 2. The highest BCUT2D eigenvalue weighted by Crippen LogP contribution is 2.33. The first-order valence-corrected chi connectivity index (χ1v) is 12.0. The van der Waals surface area contributed by atoms with Crippen LogP contribution < -0.4 is 10.6 Å². The van der Waals surface area contributed by atoms with Crippen LogP contribution in [0.15, 0.2) is 47.0 Å². The minimum absolute atomic E-state index is 0.0269. The van der Waals surface area contributed by atoms with Gasteiger partial charge in [0.05, 0.1) is 13.2 Å². The SMILES string of the molecule is O=C(Nc1ccc(Cl)cc1)c1oc2cccnc2c1NC(=O)C1CCC(N2CCOCC2)CC1. The molecule has 0 atom stereocenters. The summed E-state index contributed by atoms with van der Waals surface area (Å²) in [6.07, 6.45) is 5.19. The summed E-state index contributed by atoms with van der Waals surface area (Å²) < 4.78 is 11.3. The Bertz CT molecular complexity index is 1170. The number of halogens is 1. The normalized spacial score (nSPS) is 21.3. The highest BCUT2D eigenvalue weighted by atomic mass is 35.5. The van der Waals surface area contributed by atoms with Gasteiger partial charge in [-0.1, -0.05) is 11.6 Å². The number of aromatic nitrogens is 1. The maximum atomic E-state index is 13.2. The predicted octanol–water partition coefficient (Wildman–Crippen LogP) is 4.56. The van der Waals surface area contributed by atoms with Crippen molar-refractivity contribution < 1.29 is 18.7 Å². The lowest BCUT2D eigenvalue weighted by molar-refractivity contribution is -0.121. The molecule has 3 aromatic rings. The maximum absolute atomic E-state index is 13.2. The van der Waals surface area contributed by atoms with E-state index in [4.69, 9.17) is 20.8 Å². The number of fused-ring (bicyclic) bond motifs is 1. The third-order valence-corrected chi connectivity index (χ3v) is 6.88. The first-order chi connectivity index (χ1) is 16.6. The van der Waals surface area contributed by atoms with Crippen LogP contribution in [0.25, 0.3) is 11.1 Å². The van der Waals surface area contributed by atoms with Crippen LogP contribution in [-0.2, 0) is 9.53 Å². The number of carbonyl (C=O) groups excluding carboxylic acids is 2. The largest absolute Gasteiger partial charge is 0.447 e. The summed E-state index contributed by atoms with van der Waals surface area (Å²) in [6, 6.07) is 10.7. The van der Waals surface area contributed by atoms with E-state index >= 15 is 0 Å². The molecule has 2 amide bonds. The summed E-state index contributed by atoms with van der Waals surface area (Å²) in [7, 11) is 0. The van der Waals surface area contributed by atoms with Crippen molar-refractivity contribution in [2.75, 3.05) is 36.9 Å². The van der Waals surface area contributed by atoms with E-state index in [2.05, 4.69) is 20.5 Å². The lowest BCUT2D eigenvalue weighted by Crippen LogP contribution is -2.45. The van der Waals surface area contributed by atoms with Gasteiger partial charge in [-0.05, 0) is 62.1 Å². The van der Waals surface area contributed by atoms with E-state index in [1.165, 1.54) is 0 Å². The molecule has 8 nitrogen and oxygen atoms in total. The number of pyridine rings is 1. The van der Waals surface area contributed by atoms with Gasteiger partial charge < -0.3 is 19.8 Å². The van der Waals surface area contributed by atoms with Crippen molar-refractivity contribution in [3.63, 3.8) is 0 Å². The van der Waals surface area contributed by atoms with Crippen LogP contribution >= 0.6 is 11.6 Å². The highest BCUT2D eigenvalue weighted by molar-refractivity contribution is 6.30. The van der Waals surface area contributed by atoms with Crippen LogP contribution in [-0.4, -0.2) is 54.0 Å². The molecule has 0 bridgehead atoms. The molecule has 2 aromatic heterocycles. The Balaban J connectivity index is 1.30. The topological polar surface area (TPSA) is 96.7 Å². The maximum Gasteiger partial charge on any atom is 0.293 e. The van der Waals surface area contributed by atoms with Gasteiger partial charge in [-0.15, -0.1) is 0 Å². The molecule has 34 heavy (non-hydrogen) atoms. The molecule has 1 aromatic carbocycles. The van der Waals surface area contributed by atoms with Crippen LogP contribution in [0, 0.1) is 5.92 Å². The molecular formula is C25H27ClN4O4. The molecule has 0 spiro atoms. The molecule has 1 aliphatic carbocycles. The first-order valence-electron chi connectivity index (χ1n) is 11.7. The molecule has 3 heterocycles. The molecule has 0 unspecified atom stereocenters. The van der Waals surface area contributed by atoms with Crippen molar-refractivity contribution in [1.29, 1.82) is 0 Å². The lowest BCUT2D eigenvalue weighted by Gasteiger charge is -2.38. The fourth-order valence-electron chi connectivity index (χ4n) is 4.80. The second kappa shape index (κ2) is 10.1. The van der Waals surface area contributed by atoms with Gasteiger partial charge in [0.2, 0.25) is 11.7 Å². The van der Waals surface area contributed by atoms with Gasteiger partial charge in [-0.3, -0.25) is 19.5 Å². The van der Waals surface area contributed by atoms with Crippen LogP contribution in [0.3, 0.4) is 0 Å². The summed E-state index contributed by atoms with van der Waals surface area (Å²) >= 11 is 5.93. The number of furan rings is 1. The van der Waals surface area contributed by atoms with Gasteiger partial charge >= 0.3 is 0 Å². The molecule has 9 heteroatoms. The van der Waals surface area contributed by atoms with Gasteiger partial charge in [0.1, 0.15) is 11.2 Å². The molecule has 2 aliphatic rings. The average Bonchev–Trinajstić information content (AvgIpc) is 3.24. The van der Waals surface area contributed by atoms with Crippen molar-refractivity contribution in [1.82, 2.24) is 9.88 Å². The Kier molecular flexibility index (Phi) is 6.80. The number of morpholine rings is 1. The van der Waals surface area contributed by atoms with E-state index in [1.807, 2.05) is 0 Å². The zero-order chi connectivity index (χ0) is 23.5. The zero-order valence-electron chi connectivity index (χ0n) is 18.8. The number of nitrogens with one attached hydrogen (secondary N) is 2. The molecule has 178 valence electrons.